The molecule has 0 saturated carbocycles. The second kappa shape index (κ2) is 9.36. The Morgan fingerprint density at radius 3 is 2.48 bits per heavy atom. The fraction of sp³-hybridized carbons (Fsp3) is 0.235. The number of alkyl halides is 3. The van der Waals surface area contributed by atoms with E-state index in [1.165, 1.54) is 24.3 Å². The van der Waals surface area contributed by atoms with E-state index in [0.717, 1.165) is 6.07 Å². The Morgan fingerprint density at radius 2 is 1.86 bits per heavy atom. The van der Waals surface area contributed by atoms with E-state index < -0.39 is 36.6 Å². The van der Waals surface area contributed by atoms with Crippen molar-refractivity contribution in [3.05, 3.63) is 57.6 Å². The number of rotatable bonds is 6. The molecule has 1 unspecified atom stereocenters. The molecular weight excluding hydrogens is 455 g/mol. The van der Waals surface area contributed by atoms with Gasteiger partial charge in [-0.3, -0.25) is 4.57 Å². The van der Waals surface area contributed by atoms with Crippen LogP contribution in [0.25, 0.3) is 0 Å². The molecule has 0 aromatic heterocycles. The number of amides is 2. The fourth-order valence-electron chi connectivity index (χ4n) is 2.38. The summed E-state index contributed by atoms with van der Waals surface area (Å²) in [6.07, 6.45) is -5.10. The van der Waals surface area contributed by atoms with Crippen LogP contribution >= 0.6 is 30.8 Å². The number of hydrogen-bond donors (Lipinski definition) is 3. The summed E-state index contributed by atoms with van der Waals surface area (Å²) >= 11 is 11.5. The maximum Gasteiger partial charge on any atom is 0.417 e. The summed E-state index contributed by atoms with van der Waals surface area (Å²) in [6, 6.07) is 6.26. The molecule has 2 aromatic rings. The lowest BCUT2D eigenvalue weighted by Crippen LogP contribution is -2.20. The molecule has 1 atom stereocenters. The van der Waals surface area contributed by atoms with Crippen molar-refractivity contribution in [2.24, 2.45) is 0 Å². The van der Waals surface area contributed by atoms with E-state index in [4.69, 9.17) is 27.7 Å². The van der Waals surface area contributed by atoms with Crippen molar-refractivity contribution >= 4 is 48.2 Å². The van der Waals surface area contributed by atoms with Crippen LogP contribution in [-0.2, 0) is 21.4 Å². The van der Waals surface area contributed by atoms with Gasteiger partial charge in [0.15, 0.2) is 0 Å². The minimum absolute atomic E-state index is 0.00962. The molecule has 0 bridgehead atoms. The van der Waals surface area contributed by atoms with Crippen molar-refractivity contribution in [3.63, 3.8) is 0 Å². The highest BCUT2D eigenvalue weighted by Crippen LogP contribution is 2.47. The van der Waals surface area contributed by atoms with Crippen LogP contribution in [-0.4, -0.2) is 17.5 Å². The van der Waals surface area contributed by atoms with Gasteiger partial charge in [-0.15, -0.1) is 0 Å². The van der Waals surface area contributed by atoms with E-state index in [1.807, 2.05) is 0 Å². The molecule has 12 heteroatoms. The first-order valence-corrected chi connectivity index (χ1v) is 10.6. The highest BCUT2D eigenvalue weighted by atomic mass is 35.5. The average molecular weight is 471 g/mol. The summed E-state index contributed by atoms with van der Waals surface area (Å²) in [5.74, 6) is 0. The normalized spacial score (nSPS) is 13.6. The summed E-state index contributed by atoms with van der Waals surface area (Å²) in [5.41, 5.74) is -0.871. The predicted molar refractivity (Wildman–Crippen MR) is 106 cm³/mol. The molecule has 0 saturated heterocycles. The van der Waals surface area contributed by atoms with Crippen LogP contribution in [0.15, 0.2) is 36.4 Å². The Morgan fingerprint density at radius 1 is 1.17 bits per heavy atom. The lowest BCUT2D eigenvalue weighted by molar-refractivity contribution is -0.137. The second-order valence-electron chi connectivity index (χ2n) is 5.79. The van der Waals surface area contributed by atoms with Crippen LogP contribution in [0.5, 0.6) is 0 Å². The molecular formula is C17H16Cl2F3N2O4P. The molecule has 158 valence electrons. The van der Waals surface area contributed by atoms with E-state index in [0.29, 0.717) is 6.07 Å². The standard InChI is InChI=1S/C17H16Cl2F3N2O4P/c1-2-28-29(26,27)9-10-7-11(18)3-6-15(10)24-16(25)23-12-4-5-14(19)13(8-12)17(20,21)22/h3-8H,2,9H2,1H3,(H,26,27)(H2,23,24,25). The predicted octanol–water partition coefficient (Wildman–Crippen LogP) is 6.38. The molecule has 0 fully saturated rings. The Labute approximate surface area is 174 Å². The molecule has 0 heterocycles. The van der Waals surface area contributed by atoms with Crippen molar-refractivity contribution in [2.45, 2.75) is 19.3 Å². The molecule has 2 aromatic carbocycles. The third-order valence-electron chi connectivity index (χ3n) is 3.55. The molecule has 6 nitrogen and oxygen atoms in total. The Bertz CT molecular complexity index is 957. The Hall–Kier alpha value is -1.77. The first kappa shape index (κ1) is 23.5. The zero-order chi connectivity index (χ0) is 21.8. The highest BCUT2D eigenvalue weighted by Gasteiger charge is 2.33. The van der Waals surface area contributed by atoms with Gasteiger partial charge in [-0.25, -0.2) is 4.79 Å². The molecule has 2 amide bonds. The van der Waals surface area contributed by atoms with E-state index in [1.54, 1.807) is 6.92 Å². The van der Waals surface area contributed by atoms with Crippen LogP contribution in [0.4, 0.5) is 29.3 Å². The number of benzene rings is 2. The molecule has 0 aliphatic carbocycles. The van der Waals surface area contributed by atoms with Crippen molar-refractivity contribution in [2.75, 3.05) is 17.2 Å². The number of anilines is 2. The van der Waals surface area contributed by atoms with Gasteiger partial charge in [-0.1, -0.05) is 23.2 Å². The molecule has 3 N–H and O–H groups in total. The first-order chi connectivity index (χ1) is 13.4. The Kier molecular flexibility index (Phi) is 7.59. The molecule has 0 aliphatic rings. The second-order valence-corrected chi connectivity index (χ2v) is 8.48. The van der Waals surface area contributed by atoms with Crippen LogP contribution in [0.2, 0.25) is 10.0 Å². The number of carbonyl (C=O) groups is 1. The molecule has 2 rings (SSSR count). The number of urea groups is 1. The smallest absolute Gasteiger partial charge is 0.324 e. The third kappa shape index (κ3) is 6.90. The summed E-state index contributed by atoms with van der Waals surface area (Å²) in [7, 11) is -3.97. The van der Waals surface area contributed by atoms with E-state index >= 15 is 0 Å². The molecule has 0 aliphatic heterocycles. The maximum absolute atomic E-state index is 12.9. The van der Waals surface area contributed by atoms with E-state index in [-0.39, 0.29) is 28.6 Å². The monoisotopic (exact) mass is 470 g/mol. The van der Waals surface area contributed by atoms with Gasteiger partial charge in [-0.2, -0.15) is 13.2 Å². The van der Waals surface area contributed by atoms with Crippen LogP contribution in [0.3, 0.4) is 0 Å². The van der Waals surface area contributed by atoms with Crippen molar-refractivity contribution in [1.29, 1.82) is 0 Å². The van der Waals surface area contributed by atoms with Gasteiger partial charge in [0.25, 0.3) is 0 Å². The lowest BCUT2D eigenvalue weighted by Gasteiger charge is -2.16. The van der Waals surface area contributed by atoms with Gasteiger partial charge >= 0.3 is 19.8 Å². The number of carbonyl (C=O) groups excluding carboxylic acids is 1. The minimum Gasteiger partial charge on any atom is -0.324 e. The number of hydrogen-bond acceptors (Lipinski definition) is 3. The summed E-state index contributed by atoms with van der Waals surface area (Å²) in [6.45, 7) is 1.56. The lowest BCUT2D eigenvalue weighted by atomic mass is 10.2. The van der Waals surface area contributed by atoms with Gasteiger partial charge in [-0.05, 0) is 48.9 Å². The first-order valence-electron chi connectivity index (χ1n) is 8.11. The van der Waals surface area contributed by atoms with Crippen molar-refractivity contribution < 1.29 is 31.9 Å². The third-order valence-corrected chi connectivity index (χ3v) is 5.51. The van der Waals surface area contributed by atoms with E-state index in [9.17, 15) is 27.4 Å². The van der Waals surface area contributed by atoms with Gasteiger partial charge < -0.3 is 20.1 Å². The van der Waals surface area contributed by atoms with Gasteiger partial charge in [0, 0.05) is 16.4 Å². The van der Waals surface area contributed by atoms with Crippen molar-refractivity contribution in [3.8, 4) is 0 Å². The topological polar surface area (TPSA) is 87.7 Å². The quantitative estimate of drug-likeness (QED) is 0.427. The van der Waals surface area contributed by atoms with Crippen molar-refractivity contribution in [1.82, 2.24) is 0 Å². The zero-order valence-corrected chi connectivity index (χ0v) is 17.3. The number of nitrogens with one attached hydrogen (secondary N) is 2. The fourth-order valence-corrected chi connectivity index (χ4v) is 3.99. The van der Waals surface area contributed by atoms with Gasteiger partial charge in [0.2, 0.25) is 0 Å². The summed E-state index contributed by atoms with van der Waals surface area (Å²) in [4.78, 5) is 22.1. The van der Waals surface area contributed by atoms with Crippen LogP contribution in [0.1, 0.15) is 18.1 Å². The number of halogens is 5. The van der Waals surface area contributed by atoms with Gasteiger partial charge in [0.05, 0.1) is 23.4 Å². The van der Waals surface area contributed by atoms with Crippen LogP contribution < -0.4 is 10.6 Å². The Balaban J connectivity index is 2.20. The van der Waals surface area contributed by atoms with Crippen LogP contribution in [0, 0.1) is 0 Å². The molecule has 0 spiro atoms. The minimum atomic E-state index is -4.68. The largest absolute Gasteiger partial charge is 0.417 e. The molecule has 0 radical (unpaired) electrons. The molecule has 29 heavy (non-hydrogen) atoms. The van der Waals surface area contributed by atoms with E-state index in [2.05, 4.69) is 10.6 Å². The van der Waals surface area contributed by atoms with Gasteiger partial charge in [0.1, 0.15) is 0 Å². The summed E-state index contributed by atoms with van der Waals surface area (Å²) < 4.78 is 55.6. The maximum atomic E-state index is 12.9. The highest BCUT2D eigenvalue weighted by molar-refractivity contribution is 7.51. The zero-order valence-electron chi connectivity index (χ0n) is 14.9. The SMILES string of the molecule is CCOP(=O)(O)Cc1cc(Cl)ccc1NC(=O)Nc1ccc(Cl)c(C(F)(F)F)c1. The summed E-state index contributed by atoms with van der Waals surface area (Å²) in [5, 5.41) is 4.43. The average Bonchev–Trinajstić information content (AvgIpc) is 2.57.